The van der Waals surface area contributed by atoms with Crippen molar-refractivity contribution in [3.63, 3.8) is 0 Å². The molecule has 1 aromatic carbocycles. The Morgan fingerprint density at radius 2 is 2.12 bits per heavy atom. The van der Waals surface area contributed by atoms with Crippen LogP contribution in [0, 0.1) is 5.82 Å². The second kappa shape index (κ2) is 4.59. The van der Waals surface area contributed by atoms with E-state index in [1.807, 2.05) is 0 Å². The van der Waals surface area contributed by atoms with Crippen LogP contribution in [0.5, 0.6) is 5.75 Å². The topological polar surface area (TPSA) is 48.1 Å². The molecule has 0 spiro atoms. The van der Waals surface area contributed by atoms with Crippen molar-refractivity contribution in [2.75, 3.05) is 12.8 Å². The number of pyridine rings is 1. The molecule has 0 aliphatic heterocycles. The summed E-state index contributed by atoms with van der Waals surface area (Å²) in [5.74, 6) is 0.0580. The zero-order valence-corrected chi connectivity index (χ0v) is 9.83. The Morgan fingerprint density at radius 1 is 1.35 bits per heavy atom. The number of methoxy groups -OCH3 is 1. The monoisotopic (exact) mass is 252 g/mol. The van der Waals surface area contributed by atoms with E-state index >= 15 is 0 Å². The number of nitrogens with zero attached hydrogens (tertiary/aromatic N) is 1. The maximum Gasteiger partial charge on any atom is 0.160 e. The van der Waals surface area contributed by atoms with E-state index < -0.39 is 5.82 Å². The van der Waals surface area contributed by atoms with Crippen molar-refractivity contribution in [2.45, 2.75) is 0 Å². The van der Waals surface area contributed by atoms with Gasteiger partial charge in [0, 0.05) is 10.6 Å². The van der Waals surface area contributed by atoms with Crippen LogP contribution in [0.25, 0.3) is 11.3 Å². The molecular weight excluding hydrogens is 243 g/mol. The summed E-state index contributed by atoms with van der Waals surface area (Å²) in [4.78, 5) is 4.08. The fraction of sp³-hybridized carbons (Fsp3) is 0.0833. The van der Waals surface area contributed by atoms with Gasteiger partial charge in [0.25, 0.3) is 0 Å². The Bertz CT molecular complexity index is 560. The van der Waals surface area contributed by atoms with E-state index in [0.717, 1.165) is 0 Å². The molecule has 88 valence electrons. The zero-order chi connectivity index (χ0) is 12.4. The second-order valence-corrected chi connectivity index (χ2v) is 3.87. The van der Waals surface area contributed by atoms with Crippen molar-refractivity contribution in [1.29, 1.82) is 0 Å². The van der Waals surface area contributed by atoms with Gasteiger partial charge in [-0.2, -0.15) is 0 Å². The van der Waals surface area contributed by atoms with Gasteiger partial charge in [-0.15, -0.1) is 0 Å². The van der Waals surface area contributed by atoms with Crippen LogP contribution >= 0.6 is 11.6 Å². The first-order chi connectivity index (χ1) is 8.11. The van der Waals surface area contributed by atoms with E-state index in [2.05, 4.69) is 4.98 Å². The average molecular weight is 253 g/mol. The van der Waals surface area contributed by atoms with Crippen LogP contribution in [-0.4, -0.2) is 12.1 Å². The number of anilines is 1. The molecule has 1 heterocycles. The molecule has 2 rings (SSSR count). The van der Waals surface area contributed by atoms with Crippen LogP contribution in [-0.2, 0) is 0 Å². The minimum Gasteiger partial charge on any atom is -0.493 e. The molecule has 3 nitrogen and oxygen atoms in total. The van der Waals surface area contributed by atoms with Gasteiger partial charge >= 0.3 is 0 Å². The molecule has 1 aromatic heterocycles. The molecule has 0 aliphatic carbocycles. The summed E-state index contributed by atoms with van der Waals surface area (Å²) in [6.45, 7) is 0. The van der Waals surface area contributed by atoms with Gasteiger partial charge in [0.2, 0.25) is 0 Å². The van der Waals surface area contributed by atoms with E-state index in [4.69, 9.17) is 22.1 Å². The molecule has 0 amide bonds. The molecule has 2 N–H and O–H groups in total. The molecule has 5 heteroatoms. The van der Waals surface area contributed by atoms with Gasteiger partial charge in [0.15, 0.2) is 5.75 Å². The SMILES string of the molecule is COc1cnc(-c2cc(Cl)ccc2F)cc1N. The Labute approximate surface area is 103 Å². The maximum absolute atomic E-state index is 13.6. The minimum absolute atomic E-state index is 0.312. The summed E-state index contributed by atoms with van der Waals surface area (Å²) in [6, 6.07) is 5.83. The first-order valence-corrected chi connectivity index (χ1v) is 5.24. The Hall–Kier alpha value is -1.81. The van der Waals surface area contributed by atoms with Gasteiger partial charge in [-0.05, 0) is 24.3 Å². The molecule has 0 bridgehead atoms. The summed E-state index contributed by atoms with van der Waals surface area (Å²) in [5, 5.41) is 0.442. The van der Waals surface area contributed by atoms with Crippen LogP contribution < -0.4 is 10.5 Å². The van der Waals surface area contributed by atoms with Gasteiger partial charge < -0.3 is 10.5 Å². The fourth-order valence-corrected chi connectivity index (χ4v) is 1.64. The van der Waals surface area contributed by atoms with Gasteiger partial charge in [-0.25, -0.2) is 4.39 Å². The maximum atomic E-state index is 13.6. The van der Waals surface area contributed by atoms with Crippen molar-refractivity contribution < 1.29 is 9.13 Å². The molecule has 2 aromatic rings. The number of hydrogen-bond donors (Lipinski definition) is 1. The van der Waals surface area contributed by atoms with E-state index in [0.29, 0.717) is 27.7 Å². The van der Waals surface area contributed by atoms with Crippen LogP contribution in [0.2, 0.25) is 5.02 Å². The molecule has 0 radical (unpaired) electrons. The molecule has 0 saturated carbocycles. The lowest BCUT2D eigenvalue weighted by Gasteiger charge is -2.07. The van der Waals surface area contributed by atoms with Gasteiger partial charge in [0.05, 0.1) is 24.7 Å². The molecular formula is C12H10ClFN2O. The number of aromatic nitrogens is 1. The largest absolute Gasteiger partial charge is 0.493 e. The van der Waals surface area contributed by atoms with Crippen molar-refractivity contribution in [2.24, 2.45) is 0 Å². The van der Waals surface area contributed by atoms with Gasteiger partial charge in [-0.3, -0.25) is 4.98 Å². The highest BCUT2D eigenvalue weighted by molar-refractivity contribution is 6.30. The summed E-state index contributed by atoms with van der Waals surface area (Å²) in [6.07, 6.45) is 1.45. The summed E-state index contributed by atoms with van der Waals surface area (Å²) in [7, 11) is 1.49. The Kier molecular flexibility index (Phi) is 3.15. The molecule has 0 saturated heterocycles. The quantitative estimate of drug-likeness (QED) is 0.893. The zero-order valence-electron chi connectivity index (χ0n) is 9.08. The van der Waals surface area contributed by atoms with E-state index in [9.17, 15) is 4.39 Å². The van der Waals surface area contributed by atoms with E-state index in [1.54, 1.807) is 6.07 Å². The Balaban J connectivity index is 2.53. The standard InChI is InChI=1S/C12H10ClFN2O/c1-17-12-6-16-11(5-10(12)15)8-4-7(13)2-3-9(8)14/h2-6H,1H3,(H2,15,16). The average Bonchev–Trinajstić information content (AvgIpc) is 2.32. The number of halogens is 2. The van der Waals surface area contributed by atoms with Gasteiger partial charge in [0.1, 0.15) is 5.82 Å². The number of nitrogens with two attached hydrogens (primary N) is 1. The van der Waals surface area contributed by atoms with Gasteiger partial charge in [-0.1, -0.05) is 11.6 Å². The fourth-order valence-electron chi connectivity index (χ4n) is 1.47. The highest BCUT2D eigenvalue weighted by atomic mass is 35.5. The normalized spacial score (nSPS) is 10.3. The lowest BCUT2D eigenvalue weighted by Crippen LogP contribution is -1.96. The molecule has 0 fully saturated rings. The number of hydrogen-bond acceptors (Lipinski definition) is 3. The molecule has 0 aliphatic rings. The molecule has 0 atom stereocenters. The molecule has 0 unspecified atom stereocenters. The van der Waals surface area contributed by atoms with Crippen molar-refractivity contribution in [3.05, 3.63) is 41.3 Å². The number of nitrogen functional groups attached to an aromatic ring is 1. The van der Waals surface area contributed by atoms with E-state index in [-0.39, 0.29) is 0 Å². The first-order valence-electron chi connectivity index (χ1n) is 4.86. The summed E-state index contributed by atoms with van der Waals surface area (Å²) >= 11 is 5.81. The number of rotatable bonds is 2. The van der Waals surface area contributed by atoms with Crippen molar-refractivity contribution >= 4 is 17.3 Å². The predicted octanol–water partition coefficient (Wildman–Crippen LogP) is 3.13. The Morgan fingerprint density at radius 3 is 2.76 bits per heavy atom. The molecule has 17 heavy (non-hydrogen) atoms. The van der Waals surface area contributed by atoms with Crippen LogP contribution in [0.4, 0.5) is 10.1 Å². The lowest BCUT2D eigenvalue weighted by atomic mass is 10.1. The van der Waals surface area contributed by atoms with Crippen LogP contribution in [0.1, 0.15) is 0 Å². The van der Waals surface area contributed by atoms with Crippen molar-refractivity contribution in [3.8, 4) is 17.0 Å². The summed E-state index contributed by atoms with van der Waals surface area (Å²) < 4.78 is 18.6. The van der Waals surface area contributed by atoms with E-state index in [1.165, 1.54) is 31.5 Å². The minimum atomic E-state index is -0.397. The first kappa shape index (κ1) is 11.7. The summed E-state index contributed by atoms with van der Waals surface area (Å²) in [5.41, 5.74) is 6.87. The third-order valence-corrected chi connectivity index (χ3v) is 2.56. The second-order valence-electron chi connectivity index (χ2n) is 3.44. The highest BCUT2D eigenvalue weighted by Crippen LogP contribution is 2.29. The number of benzene rings is 1. The lowest BCUT2D eigenvalue weighted by molar-refractivity contribution is 0.415. The van der Waals surface area contributed by atoms with Crippen molar-refractivity contribution in [1.82, 2.24) is 4.98 Å². The smallest absolute Gasteiger partial charge is 0.160 e. The predicted molar refractivity (Wildman–Crippen MR) is 65.6 cm³/mol. The third kappa shape index (κ3) is 2.31. The highest BCUT2D eigenvalue weighted by Gasteiger charge is 2.09. The van der Waals surface area contributed by atoms with Crippen LogP contribution in [0.15, 0.2) is 30.5 Å². The van der Waals surface area contributed by atoms with Crippen LogP contribution in [0.3, 0.4) is 0 Å². The number of ether oxygens (including phenoxy) is 1. The third-order valence-electron chi connectivity index (χ3n) is 2.32.